The predicted octanol–water partition coefficient (Wildman–Crippen LogP) is 1.94. The van der Waals surface area contributed by atoms with Crippen molar-refractivity contribution < 1.29 is 0 Å². The van der Waals surface area contributed by atoms with Gasteiger partial charge in [0.15, 0.2) is 0 Å². The Labute approximate surface area is 99.4 Å². The number of nitrogens with one attached hydrogen (secondary N) is 1. The number of rotatable bonds is 5. The molecule has 0 spiro atoms. The molecule has 0 amide bonds. The molecule has 3 heteroatoms. The van der Waals surface area contributed by atoms with Gasteiger partial charge in [0.25, 0.3) is 0 Å². The van der Waals surface area contributed by atoms with Gasteiger partial charge in [0, 0.05) is 37.1 Å². The van der Waals surface area contributed by atoms with E-state index in [0.29, 0.717) is 0 Å². The highest BCUT2D eigenvalue weighted by molar-refractivity contribution is 5.07. The SMILES string of the molecule is CN(C)CCn1cccc1CNC(C)(C)C. The van der Waals surface area contributed by atoms with Gasteiger partial charge in [-0.2, -0.15) is 0 Å². The van der Waals surface area contributed by atoms with E-state index in [1.807, 2.05) is 0 Å². The zero-order chi connectivity index (χ0) is 12.2. The molecule has 0 saturated heterocycles. The Kier molecular flexibility index (Phi) is 4.56. The number of likely N-dealkylation sites (N-methyl/N-ethyl adjacent to an activating group) is 1. The molecule has 16 heavy (non-hydrogen) atoms. The first kappa shape index (κ1) is 13.3. The standard InChI is InChI=1S/C13H25N3/c1-13(2,3)14-11-12-7-6-8-16(12)10-9-15(4)5/h6-8,14H,9-11H2,1-5H3. The molecule has 1 aromatic rings. The van der Waals surface area contributed by atoms with Crippen molar-refractivity contribution in [3.63, 3.8) is 0 Å². The first-order valence-electron chi connectivity index (χ1n) is 5.92. The fraction of sp³-hybridized carbons (Fsp3) is 0.692. The van der Waals surface area contributed by atoms with Crippen LogP contribution in [0.15, 0.2) is 18.3 Å². The zero-order valence-electron chi connectivity index (χ0n) is 11.2. The van der Waals surface area contributed by atoms with Crippen molar-refractivity contribution >= 4 is 0 Å². The first-order valence-corrected chi connectivity index (χ1v) is 5.92. The van der Waals surface area contributed by atoms with E-state index in [4.69, 9.17) is 0 Å². The van der Waals surface area contributed by atoms with Crippen LogP contribution in [0.5, 0.6) is 0 Å². The number of aromatic nitrogens is 1. The van der Waals surface area contributed by atoms with E-state index in [1.54, 1.807) is 0 Å². The van der Waals surface area contributed by atoms with Crippen LogP contribution in [0.3, 0.4) is 0 Å². The zero-order valence-corrected chi connectivity index (χ0v) is 11.2. The average molecular weight is 223 g/mol. The molecule has 1 N–H and O–H groups in total. The summed E-state index contributed by atoms with van der Waals surface area (Å²) < 4.78 is 2.32. The maximum Gasteiger partial charge on any atom is 0.0363 e. The molecule has 0 fully saturated rings. The first-order chi connectivity index (χ1) is 7.38. The summed E-state index contributed by atoms with van der Waals surface area (Å²) in [5, 5.41) is 3.52. The maximum absolute atomic E-state index is 3.52. The summed E-state index contributed by atoms with van der Waals surface area (Å²) in [6.45, 7) is 9.66. The highest BCUT2D eigenvalue weighted by Crippen LogP contribution is 2.06. The van der Waals surface area contributed by atoms with Crippen LogP contribution in [-0.2, 0) is 13.1 Å². The van der Waals surface area contributed by atoms with Crippen molar-refractivity contribution in [1.29, 1.82) is 0 Å². The minimum atomic E-state index is 0.177. The van der Waals surface area contributed by atoms with E-state index >= 15 is 0 Å². The lowest BCUT2D eigenvalue weighted by molar-refractivity contribution is 0.374. The second kappa shape index (κ2) is 5.51. The van der Waals surface area contributed by atoms with Crippen molar-refractivity contribution in [2.75, 3.05) is 20.6 Å². The van der Waals surface area contributed by atoms with Gasteiger partial charge in [-0.15, -0.1) is 0 Å². The lowest BCUT2D eigenvalue weighted by Gasteiger charge is -2.21. The molecule has 0 bridgehead atoms. The third-order valence-electron chi connectivity index (χ3n) is 2.51. The molecule has 92 valence electrons. The Bertz CT molecular complexity index is 307. The van der Waals surface area contributed by atoms with E-state index in [9.17, 15) is 0 Å². The molecule has 3 nitrogen and oxygen atoms in total. The summed E-state index contributed by atoms with van der Waals surface area (Å²) >= 11 is 0. The van der Waals surface area contributed by atoms with Crippen molar-refractivity contribution in [1.82, 2.24) is 14.8 Å². The van der Waals surface area contributed by atoms with Gasteiger partial charge in [0.05, 0.1) is 0 Å². The highest BCUT2D eigenvalue weighted by atomic mass is 15.1. The molecule has 1 aromatic heterocycles. The topological polar surface area (TPSA) is 20.2 Å². The van der Waals surface area contributed by atoms with Crippen LogP contribution in [0, 0.1) is 0 Å². The highest BCUT2D eigenvalue weighted by Gasteiger charge is 2.09. The molecule has 0 saturated carbocycles. The molecular formula is C13H25N3. The van der Waals surface area contributed by atoms with Gasteiger partial charge >= 0.3 is 0 Å². The van der Waals surface area contributed by atoms with Crippen molar-refractivity contribution in [2.45, 2.75) is 39.4 Å². The van der Waals surface area contributed by atoms with Gasteiger partial charge in [-0.3, -0.25) is 0 Å². The average Bonchev–Trinajstić information content (AvgIpc) is 2.57. The Morgan fingerprint density at radius 2 is 2.00 bits per heavy atom. The van der Waals surface area contributed by atoms with Crippen LogP contribution < -0.4 is 5.32 Å². The van der Waals surface area contributed by atoms with Crippen molar-refractivity contribution in [3.05, 3.63) is 24.0 Å². The molecular weight excluding hydrogens is 198 g/mol. The van der Waals surface area contributed by atoms with Gasteiger partial charge in [-0.05, 0) is 47.0 Å². The normalized spacial score (nSPS) is 12.4. The van der Waals surface area contributed by atoms with Gasteiger partial charge in [-0.1, -0.05) is 0 Å². The Hall–Kier alpha value is -0.800. The largest absolute Gasteiger partial charge is 0.349 e. The molecule has 1 heterocycles. The Morgan fingerprint density at radius 1 is 1.31 bits per heavy atom. The Morgan fingerprint density at radius 3 is 2.56 bits per heavy atom. The van der Waals surface area contributed by atoms with E-state index < -0.39 is 0 Å². The molecule has 1 rings (SSSR count). The van der Waals surface area contributed by atoms with E-state index in [1.165, 1.54) is 5.69 Å². The van der Waals surface area contributed by atoms with Crippen LogP contribution in [0.25, 0.3) is 0 Å². The Balaban J connectivity index is 2.50. The maximum atomic E-state index is 3.52. The molecule has 0 radical (unpaired) electrons. The van der Waals surface area contributed by atoms with Gasteiger partial charge in [0.1, 0.15) is 0 Å². The minimum Gasteiger partial charge on any atom is -0.349 e. The third kappa shape index (κ3) is 4.81. The summed E-state index contributed by atoms with van der Waals surface area (Å²) in [7, 11) is 4.22. The summed E-state index contributed by atoms with van der Waals surface area (Å²) in [5.74, 6) is 0. The van der Waals surface area contributed by atoms with Crippen LogP contribution in [0.1, 0.15) is 26.5 Å². The number of hydrogen-bond acceptors (Lipinski definition) is 2. The van der Waals surface area contributed by atoms with E-state index in [2.05, 4.69) is 68.0 Å². The van der Waals surface area contributed by atoms with Gasteiger partial charge in [0.2, 0.25) is 0 Å². The minimum absolute atomic E-state index is 0.177. The molecule has 0 aromatic carbocycles. The van der Waals surface area contributed by atoms with E-state index in [0.717, 1.165) is 19.6 Å². The molecule has 0 aliphatic heterocycles. The summed E-state index contributed by atoms with van der Waals surface area (Å²) in [5.41, 5.74) is 1.54. The molecule has 0 unspecified atom stereocenters. The molecule has 0 aliphatic rings. The fourth-order valence-corrected chi connectivity index (χ4v) is 1.49. The van der Waals surface area contributed by atoms with Crippen LogP contribution >= 0.6 is 0 Å². The lowest BCUT2D eigenvalue weighted by atomic mass is 10.1. The predicted molar refractivity (Wildman–Crippen MR) is 69.6 cm³/mol. The number of hydrogen-bond donors (Lipinski definition) is 1. The van der Waals surface area contributed by atoms with Crippen molar-refractivity contribution in [2.24, 2.45) is 0 Å². The van der Waals surface area contributed by atoms with Crippen LogP contribution in [0.2, 0.25) is 0 Å². The lowest BCUT2D eigenvalue weighted by Crippen LogP contribution is -2.35. The molecule has 0 aliphatic carbocycles. The van der Waals surface area contributed by atoms with E-state index in [-0.39, 0.29) is 5.54 Å². The van der Waals surface area contributed by atoms with Crippen molar-refractivity contribution in [3.8, 4) is 0 Å². The van der Waals surface area contributed by atoms with Gasteiger partial charge < -0.3 is 14.8 Å². The smallest absolute Gasteiger partial charge is 0.0363 e. The summed E-state index contributed by atoms with van der Waals surface area (Å²) in [4.78, 5) is 2.21. The molecule has 0 atom stereocenters. The second-order valence-electron chi connectivity index (χ2n) is 5.60. The fourth-order valence-electron chi connectivity index (χ4n) is 1.49. The summed E-state index contributed by atoms with van der Waals surface area (Å²) in [6.07, 6.45) is 2.16. The second-order valence-corrected chi connectivity index (χ2v) is 5.60. The third-order valence-corrected chi connectivity index (χ3v) is 2.51. The van der Waals surface area contributed by atoms with Crippen LogP contribution in [-0.4, -0.2) is 35.6 Å². The quantitative estimate of drug-likeness (QED) is 0.823. The number of nitrogens with zero attached hydrogens (tertiary/aromatic N) is 2. The van der Waals surface area contributed by atoms with Crippen LogP contribution in [0.4, 0.5) is 0 Å². The monoisotopic (exact) mass is 223 g/mol. The summed E-state index contributed by atoms with van der Waals surface area (Å²) in [6, 6.07) is 4.31. The van der Waals surface area contributed by atoms with Gasteiger partial charge in [-0.25, -0.2) is 0 Å².